The van der Waals surface area contributed by atoms with Gasteiger partial charge in [-0.05, 0) is 69.0 Å². The van der Waals surface area contributed by atoms with E-state index < -0.39 is 89.3 Å². The van der Waals surface area contributed by atoms with Gasteiger partial charge >= 0.3 is 29.8 Å². The zero-order valence-electron chi connectivity index (χ0n) is 29.1. The molecule has 0 radical (unpaired) electrons. The zero-order valence-corrected chi connectivity index (χ0v) is 29.1. The molecule has 1 aliphatic heterocycles. The van der Waals surface area contributed by atoms with Crippen LogP contribution in [0.1, 0.15) is 78.5 Å². The second kappa shape index (κ2) is 13.9. The Kier molecular flexibility index (Phi) is 9.73. The molecule has 12 heteroatoms. The summed E-state index contributed by atoms with van der Waals surface area (Å²) in [6, 6.07) is 20.0. The molecule has 2 aromatic carbocycles. The third-order valence-corrected chi connectivity index (χ3v) is 10.5. The average Bonchev–Trinajstić information content (AvgIpc) is 3.28. The van der Waals surface area contributed by atoms with Crippen molar-refractivity contribution in [3.8, 4) is 0 Å². The van der Waals surface area contributed by atoms with E-state index >= 15 is 0 Å². The van der Waals surface area contributed by atoms with Gasteiger partial charge < -0.3 is 28.4 Å². The van der Waals surface area contributed by atoms with Crippen molar-refractivity contribution in [3.05, 3.63) is 102 Å². The van der Waals surface area contributed by atoms with E-state index in [0.717, 1.165) is 0 Å². The van der Waals surface area contributed by atoms with Crippen molar-refractivity contribution in [3.63, 3.8) is 0 Å². The number of fused-ring (bicyclic) bond motifs is 1. The highest BCUT2D eigenvalue weighted by molar-refractivity contribution is 5.90. The number of esters is 5. The molecule has 6 rings (SSSR count). The van der Waals surface area contributed by atoms with Gasteiger partial charge in [-0.1, -0.05) is 43.3 Å². The molecular formula is C39H41NO11. The lowest BCUT2D eigenvalue weighted by molar-refractivity contribution is -0.315. The van der Waals surface area contributed by atoms with Gasteiger partial charge in [-0.3, -0.25) is 14.6 Å². The van der Waals surface area contributed by atoms with Crippen LogP contribution < -0.4 is 0 Å². The van der Waals surface area contributed by atoms with Crippen LogP contribution in [0.25, 0.3) is 0 Å². The first-order chi connectivity index (χ1) is 24.3. The molecule has 2 heterocycles. The minimum absolute atomic E-state index is 0.0507. The number of ether oxygens (including phenoxy) is 6. The maximum absolute atomic E-state index is 13.9. The van der Waals surface area contributed by atoms with Gasteiger partial charge in [-0.15, -0.1) is 0 Å². The number of hydrogen-bond donors (Lipinski definition) is 0. The number of carbonyl (C=O) groups excluding carboxylic acids is 5. The molecule has 51 heavy (non-hydrogen) atoms. The van der Waals surface area contributed by atoms with E-state index in [1.165, 1.54) is 32.3 Å². The monoisotopic (exact) mass is 699 g/mol. The first kappa shape index (κ1) is 35.7. The van der Waals surface area contributed by atoms with E-state index in [-0.39, 0.29) is 24.0 Å². The number of benzene rings is 2. The summed E-state index contributed by atoms with van der Waals surface area (Å²) < 4.78 is 38.0. The lowest BCUT2D eigenvalue weighted by Gasteiger charge is -2.63. The van der Waals surface area contributed by atoms with Crippen LogP contribution in [0.2, 0.25) is 0 Å². The summed E-state index contributed by atoms with van der Waals surface area (Å²) in [5.74, 6) is -4.61. The van der Waals surface area contributed by atoms with Crippen LogP contribution >= 0.6 is 0 Å². The van der Waals surface area contributed by atoms with Crippen LogP contribution in [0, 0.1) is 17.3 Å². The van der Waals surface area contributed by atoms with Gasteiger partial charge in [0.15, 0.2) is 6.10 Å². The highest BCUT2D eigenvalue weighted by atomic mass is 16.6. The van der Waals surface area contributed by atoms with Gasteiger partial charge in [0.1, 0.15) is 35.9 Å². The summed E-state index contributed by atoms with van der Waals surface area (Å²) in [5.41, 5.74) is -3.64. The Hall–Kier alpha value is -5.10. The number of pyridine rings is 1. The molecule has 0 amide bonds. The van der Waals surface area contributed by atoms with E-state index in [9.17, 15) is 24.0 Å². The SMILES string of the molecule is CC(=O)OC[C@@]12[C@@H](OC(=O)c3ccccc3)C[C@H]3[C@@H](OC(=O)c4ccccc4)[C@@]1(OC3(C)C)[C@H](C)C[C@H](OC(=O)c1cccnc1)[C@@H]2OC(C)=O. The van der Waals surface area contributed by atoms with Crippen molar-refractivity contribution in [1.82, 2.24) is 4.98 Å². The smallest absolute Gasteiger partial charge is 0.340 e. The van der Waals surface area contributed by atoms with Crippen molar-refractivity contribution in [2.45, 2.75) is 83.1 Å². The summed E-state index contributed by atoms with van der Waals surface area (Å²) >= 11 is 0. The quantitative estimate of drug-likeness (QED) is 0.215. The lowest BCUT2D eigenvalue weighted by Crippen LogP contribution is -2.78. The summed E-state index contributed by atoms with van der Waals surface area (Å²) in [6.07, 6.45) is -1.73. The number of nitrogens with zero attached hydrogens (tertiary/aromatic N) is 1. The van der Waals surface area contributed by atoms with Gasteiger partial charge in [0.25, 0.3) is 0 Å². The van der Waals surface area contributed by atoms with Gasteiger partial charge in [0.2, 0.25) is 0 Å². The first-order valence-corrected chi connectivity index (χ1v) is 16.9. The van der Waals surface area contributed by atoms with Gasteiger partial charge in [0.05, 0.1) is 22.3 Å². The molecule has 2 bridgehead atoms. The number of hydrogen-bond acceptors (Lipinski definition) is 12. The Labute approximate surface area is 295 Å². The zero-order chi connectivity index (χ0) is 36.6. The molecule has 2 aliphatic carbocycles. The molecule has 3 aromatic rings. The van der Waals surface area contributed by atoms with Crippen LogP contribution in [0.5, 0.6) is 0 Å². The molecule has 3 fully saturated rings. The van der Waals surface area contributed by atoms with Crippen LogP contribution in [0.15, 0.2) is 85.2 Å². The Morgan fingerprint density at radius 2 is 1.31 bits per heavy atom. The van der Waals surface area contributed by atoms with Crippen LogP contribution in [0.4, 0.5) is 0 Å². The molecule has 12 nitrogen and oxygen atoms in total. The van der Waals surface area contributed by atoms with Gasteiger partial charge in [0, 0.05) is 32.2 Å². The van der Waals surface area contributed by atoms with E-state index in [2.05, 4.69) is 4.98 Å². The maximum Gasteiger partial charge on any atom is 0.340 e. The normalized spacial score (nSPS) is 30.2. The average molecular weight is 700 g/mol. The Morgan fingerprint density at radius 1 is 0.725 bits per heavy atom. The third kappa shape index (κ3) is 6.37. The van der Waals surface area contributed by atoms with Crippen molar-refractivity contribution >= 4 is 29.8 Å². The highest BCUT2D eigenvalue weighted by Gasteiger charge is 2.83. The van der Waals surface area contributed by atoms with Gasteiger partial charge in [-0.2, -0.15) is 0 Å². The predicted octanol–water partition coefficient (Wildman–Crippen LogP) is 5.15. The van der Waals surface area contributed by atoms with Crippen LogP contribution in [-0.4, -0.2) is 77.1 Å². The summed E-state index contributed by atoms with van der Waals surface area (Å²) in [6.45, 7) is 7.49. The van der Waals surface area contributed by atoms with Crippen molar-refractivity contribution in [1.29, 1.82) is 0 Å². The van der Waals surface area contributed by atoms with Crippen LogP contribution in [0.3, 0.4) is 0 Å². The van der Waals surface area contributed by atoms with E-state index in [1.807, 2.05) is 20.8 Å². The summed E-state index contributed by atoms with van der Waals surface area (Å²) in [7, 11) is 0. The second-order valence-electron chi connectivity index (χ2n) is 14.0. The van der Waals surface area contributed by atoms with Crippen molar-refractivity contribution in [2.24, 2.45) is 17.3 Å². The number of carbonyl (C=O) groups is 5. The molecule has 1 saturated heterocycles. The topological polar surface area (TPSA) is 154 Å². The fraction of sp³-hybridized carbons (Fsp3) is 0.436. The Balaban J connectivity index is 1.56. The van der Waals surface area contributed by atoms with Crippen molar-refractivity contribution < 1.29 is 52.4 Å². The third-order valence-electron chi connectivity index (χ3n) is 10.5. The first-order valence-electron chi connectivity index (χ1n) is 16.9. The largest absolute Gasteiger partial charge is 0.465 e. The molecule has 0 N–H and O–H groups in total. The minimum Gasteiger partial charge on any atom is -0.465 e. The molecule has 3 aliphatic rings. The lowest BCUT2D eigenvalue weighted by atomic mass is 9.47. The van der Waals surface area contributed by atoms with E-state index in [0.29, 0.717) is 5.56 Å². The second-order valence-corrected chi connectivity index (χ2v) is 14.0. The van der Waals surface area contributed by atoms with Gasteiger partial charge in [-0.25, -0.2) is 14.4 Å². The fourth-order valence-electron chi connectivity index (χ4n) is 8.44. The Bertz CT molecular complexity index is 1780. The summed E-state index contributed by atoms with van der Waals surface area (Å²) in [5, 5.41) is 0. The molecule has 1 spiro atoms. The standard InChI is InChI=1S/C39H41NO11/c1-23-19-30(48-36(45)28-17-12-18-40-21-28)33(47-25(3)42)38(22-46-24(2)41)31(49-34(43)26-13-8-6-9-14-26)20-29-32(39(23,38)51-37(29,4)5)50-35(44)27-15-10-7-11-16-27/h6-18,21,23,29-33H,19-20,22H2,1-5H3/t23-,29+,30+,31+,32-,33+,38+,39+/m1/s1. The molecular weight excluding hydrogens is 658 g/mol. The fourth-order valence-corrected chi connectivity index (χ4v) is 8.44. The predicted molar refractivity (Wildman–Crippen MR) is 179 cm³/mol. The van der Waals surface area contributed by atoms with E-state index in [1.54, 1.807) is 66.7 Å². The molecule has 268 valence electrons. The Morgan fingerprint density at radius 3 is 1.88 bits per heavy atom. The van der Waals surface area contributed by atoms with E-state index in [4.69, 9.17) is 28.4 Å². The molecule has 1 aromatic heterocycles. The highest BCUT2D eigenvalue weighted by Crippen LogP contribution is 2.68. The number of aromatic nitrogens is 1. The van der Waals surface area contributed by atoms with Crippen LogP contribution in [-0.2, 0) is 38.0 Å². The minimum atomic E-state index is -1.77. The molecule has 0 unspecified atom stereocenters. The number of rotatable bonds is 9. The molecule has 2 saturated carbocycles. The maximum atomic E-state index is 13.9. The summed E-state index contributed by atoms with van der Waals surface area (Å²) in [4.78, 5) is 71.1. The van der Waals surface area contributed by atoms with Crippen molar-refractivity contribution in [2.75, 3.05) is 6.61 Å². The molecule has 8 atom stereocenters.